The second kappa shape index (κ2) is 7.35. The van der Waals surface area contributed by atoms with Crippen LogP contribution in [0, 0.1) is 0 Å². The van der Waals surface area contributed by atoms with Crippen LogP contribution in [-0.4, -0.2) is 79.3 Å². The Morgan fingerprint density at radius 3 is 2.48 bits per heavy atom. The van der Waals surface area contributed by atoms with E-state index in [4.69, 9.17) is 5.73 Å². The summed E-state index contributed by atoms with van der Waals surface area (Å²) in [6, 6.07) is -3.22. The van der Waals surface area contributed by atoms with Crippen molar-refractivity contribution in [2.75, 3.05) is 39.3 Å². The topological polar surface area (TPSA) is 90.7 Å². The molecule has 2 rings (SSSR count). The molecule has 7 nitrogen and oxygen atoms in total. The van der Waals surface area contributed by atoms with E-state index in [0.29, 0.717) is 32.5 Å². The van der Waals surface area contributed by atoms with E-state index in [9.17, 15) is 22.8 Å². The van der Waals surface area contributed by atoms with Crippen molar-refractivity contribution in [3.63, 3.8) is 0 Å². The molecule has 2 heterocycles. The first-order valence-electron chi connectivity index (χ1n) is 7.66. The molecule has 0 spiro atoms. The Balaban J connectivity index is 1.95. The van der Waals surface area contributed by atoms with Crippen molar-refractivity contribution in [1.82, 2.24) is 20.4 Å². The van der Waals surface area contributed by atoms with Gasteiger partial charge in [-0.2, -0.15) is 13.2 Å². The van der Waals surface area contributed by atoms with Gasteiger partial charge in [-0.05, 0) is 12.8 Å². The highest BCUT2D eigenvalue weighted by atomic mass is 19.4. The molecular formula is C13H22F3N5O2. The van der Waals surface area contributed by atoms with Gasteiger partial charge >= 0.3 is 12.2 Å². The first-order chi connectivity index (χ1) is 10.8. The minimum absolute atomic E-state index is 0.275. The standard InChI is InChI=1S/C13H22F3N5O2/c14-13(15,16)10(20-6-3-18-4-7-20)8-19-11(22)9-2-1-5-21(9)12(17)23/h9-10,18H,1-8H2,(H2,17,23)(H,19,22)/t9-,10?/m0/s1. The molecule has 3 amide bonds. The number of carbonyl (C=O) groups excluding carboxylic acids is 2. The Morgan fingerprint density at radius 2 is 1.91 bits per heavy atom. The van der Waals surface area contributed by atoms with Crippen LogP contribution in [0.25, 0.3) is 0 Å². The average Bonchev–Trinajstić information content (AvgIpc) is 2.96. The molecule has 132 valence electrons. The van der Waals surface area contributed by atoms with E-state index >= 15 is 0 Å². The molecule has 10 heteroatoms. The SMILES string of the molecule is NC(=O)N1CCC[C@H]1C(=O)NCC(N1CCNCC1)C(F)(F)F. The molecule has 2 fully saturated rings. The molecule has 4 N–H and O–H groups in total. The van der Waals surface area contributed by atoms with Crippen molar-refractivity contribution in [1.29, 1.82) is 0 Å². The minimum Gasteiger partial charge on any atom is -0.352 e. The number of piperazine rings is 1. The maximum atomic E-state index is 13.2. The van der Waals surface area contributed by atoms with Crippen molar-refractivity contribution in [3.05, 3.63) is 0 Å². The van der Waals surface area contributed by atoms with Gasteiger partial charge in [0.1, 0.15) is 12.1 Å². The van der Waals surface area contributed by atoms with E-state index in [0.717, 1.165) is 0 Å². The van der Waals surface area contributed by atoms with Crippen molar-refractivity contribution in [2.24, 2.45) is 5.73 Å². The average molecular weight is 337 g/mol. The van der Waals surface area contributed by atoms with E-state index in [1.807, 2.05) is 0 Å². The predicted octanol–water partition coefficient (Wildman–Crippen LogP) is -0.518. The molecule has 2 aliphatic rings. The molecule has 0 aromatic carbocycles. The summed E-state index contributed by atoms with van der Waals surface area (Å²) in [5.41, 5.74) is 5.18. The van der Waals surface area contributed by atoms with Gasteiger partial charge in [0.05, 0.1) is 0 Å². The van der Waals surface area contributed by atoms with Crippen LogP contribution < -0.4 is 16.4 Å². The van der Waals surface area contributed by atoms with Crippen molar-refractivity contribution < 1.29 is 22.8 Å². The van der Waals surface area contributed by atoms with Gasteiger partial charge in [-0.3, -0.25) is 9.69 Å². The maximum Gasteiger partial charge on any atom is 0.405 e. The van der Waals surface area contributed by atoms with Crippen molar-refractivity contribution in [2.45, 2.75) is 31.1 Å². The van der Waals surface area contributed by atoms with E-state index in [1.165, 1.54) is 9.80 Å². The number of rotatable bonds is 4. The molecule has 0 saturated carbocycles. The Morgan fingerprint density at radius 1 is 1.26 bits per heavy atom. The number of amides is 3. The summed E-state index contributed by atoms with van der Waals surface area (Å²) >= 11 is 0. The third-order valence-electron chi connectivity index (χ3n) is 4.28. The second-order valence-corrected chi connectivity index (χ2v) is 5.78. The Bertz CT molecular complexity index is 440. The molecule has 2 aliphatic heterocycles. The zero-order valence-electron chi connectivity index (χ0n) is 12.7. The van der Waals surface area contributed by atoms with Gasteiger partial charge in [0.15, 0.2) is 0 Å². The number of hydrogen-bond acceptors (Lipinski definition) is 4. The van der Waals surface area contributed by atoms with E-state index in [1.54, 1.807) is 0 Å². The molecule has 23 heavy (non-hydrogen) atoms. The summed E-state index contributed by atoms with van der Waals surface area (Å²) < 4.78 is 39.7. The van der Waals surface area contributed by atoms with Crippen LogP contribution in [-0.2, 0) is 4.79 Å². The summed E-state index contributed by atoms with van der Waals surface area (Å²) in [6.45, 7) is 1.35. The summed E-state index contributed by atoms with van der Waals surface area (Å²) in [5.74, 6) is -0.578. The Hall–Kier alpha value is -1.55. The Kier molecular flexibility index (Phi) is 5.69. The molecule has 2 atom stereocenters. The van der Waals surface area contributed by atoms with Crippen LogP contribution in [0.3, 0.4) is 0 Å². The highest BCUT2D eigenvalue weighted by Crippen LogP contribution is 2.25. The smallest absolute Gasteiger partial charge is 0.352 e. The van der Waals surface area contributed by atoms with Gasteiger partial charge in [-0.25, -0.2) is 4.79 Å². The van der Waals surface area contributed by atoms with Gasteiger partial charge in [0.25, 0.3) is 0 Å². The van der Waals surface area contributed by atoms with E-state index in [2.05, 4.69) is 10.6 Å². The number of carbonyl (C=O) groups is 2. The number of primary amides is 1. The lowest BCUT2D eigenvalue weighted by Gasteiger charge is -2.36. The third-order valence-corrected chi connectivity index (χ3v) is 4.28. The summed E-state index contributed by atoms with van der Waals surface area (Å²) in [7, 11) is 0. The number of likely N-dealkylation sites (tertiary alicyclic amines) is 1. The largest absolute Gasteiger partial charge is 0.405 e. The minimum atomic E-state index is -4.43. The van der Waals surface area contributed by atoms with Gasteiger partial charge in [-0.1, -0.05) is 0 Å². The number of urea groups is 1. The number of halogens is 3. The first kappa shape index (κ1) is 17.8. The van der Waals surface area contributed by atoms with Crippen LogP contribution >= 0.6 is 0 Å². The van der Waals surface area contributed by atoms with Gasteiger partial charge in [0, 0.05) is 39.3 Å². The zero-order chi connectivity index (χ0) is 17.0. The normalized spacial score (nSPS) is 24.5. The van der Waals surface area contributed by atoms with Crippen LogP contribution in [0.4, 0.5) is 18.0 Å². The maximum absolute atomic E-state index is 13.2. The van der Waals surface area contributed by atoms with Gasteiger partial charge in [-0.15, -0.1) is 0 Å². The van der Waals surface area contributed by atoms with Crippen LogP contribution in [0.2, 0.25) is 0 Å². The van der Waals surface area contributed by atoms with Crippen LogP contribution in [0.1, 0.15) is 12.8 Å². The van der Waals surface area contributed by atoms with Crippen LogP contribution in [0.5, 0.6) is 0 Å². The van der Waals surface area contributed by atoms with Gasteiger partial charge in [0.2, 0.25) is 5.91 Å². The molecule has 2 saturated heterocycles. The molecular weight excluding hydrogens is 315 g/mol. The van der Waals surface area contributed by atoms with Crippen LogP contribution in [0.15, 0.2) is 0 Å². The fourth-order valence-electron chi connectivity index (χ4n) is 3.06. The number of alkyl halides is 3. The molecule has 0 aliphatic carbocycles. The first-order valence-corrected chi connectivity index (χ1v) is 7.66. The van der Waals surface area contributed by atoms with E-state index < -0.39 is 36.7 Å². The lowest BCUT2D eigenvalue weighted by atomic mass is 10.1. The lowest BCUT2D eigenvalue weighted by Crippen LogP contribution is -2.58. The molecule has 0 bridgehead atoms. The zero-order valence-corrected chi connectivity index (χ0v) is 12.7. The molecule has 0 aromatic rings. The van der Waals surface area contributed by atoms with E-state index in [-0.39, 0.29) is 13.1 Å². The monoisotopic (exact) mass is 337 g/mol. The summed E-state index contributed by atoms with van der Waals surface area (Å²) in [6.07, 6.45) is -3.40. The number of nitrogens with two attached hydrogens (primary N) is 1. The second-order valence-electron chi connectivity index (χ2n) is 5.78. The molecule has 0 aromatic heterocycles. The van der Waals surface area contributed by atoms with Gasteiger partial charge < -0.3 is 21.3 Å². The fourth-order valence-corrected chi connectivity index (χ4v) is 3.06. The highest BCUT2D eigenvalue weighted by Gasteiger charge is 2.44. The third kappa shape index (κ3) is 4.47. The fraction of sp³-hybridized carbons (Fsp3) is 0.846. The Labute approximate surface area is 132 Å². The number of nitrogens with one attached hydrogen (secondary N) is 2. The summed E-state index contributed by atoms with van der Waals surface area (Å²) in [4.78, 5) is 25.9. The number of nitrogens with zero attached hydrogens (tertiary/aromatic N) is 2. The lowest BCUT2D eigenvalue weighted by molar-refractivity contribution is -0.184. The van der Waals surface area contributed by atoms with Crippen molar-refractivity contribution >= 4 is 11.9 Å². The molecule has 1 unspecified atom stereocenters. The quantitative estimate of drug-likeness (QED) is 0.644. The van der Waals surface area contributed by atoms with Crippen molar-refractivity contribution in [3.8, 4) is 0 Å². The predicted molar refractivity (Wildman–Crippen MR) is 76.6 cm³/mol. The number of hydrogen-bond donors (Lipinski definition) is 3. The summed E-state index contributed by atoms with van der Waals surface area (Å²) in [5, 5.41) is 5.34. The molecule has 0 radical (unpaired) electrons. The highest BCUT2D eigenvalue weighted by molar-refractivity contribution is 5.87.